The first-order valence-corrected chi connectivity index (χ1v) is 10.9. The lowest BCUT2D eigenvalue weighted by atomic mass is 10.0. The monoisotopic (exact) mass is 422 g/mol. The molecule has 0 unspecified atom stereocenters. The Hall–Kier alpha value is -2.99. The van der Waals surface area contributed by atoms with Crippen LogP contribution in [0.5, 0.6) is 11.5 Å². The van der Waals surface area contributed by atoms with E-state index in [1.54, 1.807) is 20.1 Å². The van der Waals surface area contributed by atoms with Gasteiger partial charge in [0.1, 0.15) is 11.5 Å². The minimum absolute atomic E-state index is 0.214. The molecular weight excluding hydrogens is 392 g/mol. The number of fused-ring (bicyclic) bond motifs is 1. The lowest BCUT2D eigenvalue weighted by Crippen LogP contribution is -2.29. The number of phenolic OH excluding ortho intramolecular Hbond substituents is 1. The Labute approximate surface area is 183 Å². The van der Waals surface area contributed by atoms with E-state index in [1.807, 2.05) is 41.8 Å². The van der Waals surface area contributed by atoms with Crippen LogP contribution in [-0.4, -0.2) is 47.3 Å². The molecule has 1 fully saturated rings. The summed E-state index contributed by atoms with van der Waals surface area (Å²) in [6.07, 6.45) is 3.56. The maximum atomic E-state index is 13.0. The Morgan fingerprint density at radius 1 is 1.13 bits per heavy atom. The van der Waals surface area contributed by atoms with Crippen LogP contribution in [-0.2, 0) is 11.3 Å². The predicted octanol–water partition coefficient (Wildman–Crippen LogP) is 4.82. The van der Waals surface area contributed by atoms with Gasteiger partial charge in [-0.25, -0.2) is 4.79 Å². The SMILES string of the molecule is CCOC(=O)c1c(C)n(-c2cccc(OC)c2)c2ccc(O)c(CN3CCCCC3)c12. The molecule has 0 spiro atoms. The Morgan fingerprint density at radius 3 is 2.61 bits per heavy atom. The van der Waals surface area contributed by atoms with Crippen LogP contribution in [0.1, 0.15) is 47.8 Å². The van der Waals surface area contributed by atoms with E-state index < -0.39 is 0 Å². The number of aromatic nitrogens is 1. The third-order valence-electron chi connectivity index (χ3n) is 6.08. The zero-order valence-electron chi connectivity index (χ0n) is 18.5. The molecule has 164 valence electrons. The number of phenols is 1. The summed E-state index contributed by atoms with van der Waals surface area (Å²) in [4.78, 5) is 15.4. The molecule has 1 saturated heterocycles. The fraction of sp³-hybridized carbons (Fsp3) is 0.400. The molecule has 2 heterocycles. The molecule has 2 aromatic carbocycles. The van der Waals surface area contributed by atoms with Crippen molar-refractivity contribution >= 4 is 16.9 Å². The van der Waals surface area contributed by atoms with Gasteiger partial charge in [-0.2, -0.15) is 0 Å². The summed E-state index contributed by atoms with van der Waals surface area (Å²) in [6.45, 7) is 6.63. The van der Waals surface area contributed by atoms with Gasteiger partial charge in [0, 0.05) is 34.9 Å². The Bertz CT molecular complexity index is 1100. The smallest absolute Gasteiger partial charge is 0.340 e. The van der Waals surface area contributed by atoms with E-state index >= 15 is 0 Å². The summed E-state index contributed by atoms with van der Waals surface area (Å²) >= 11 is 0. The van der Waals surface area contributed by atoms with Gasteiger partial charge in [0.05, 0.1) is 24.8 Å². The first-order chi connectivity index (χ1) is 15.0. The summed E-state index contributed by atoms with van der Waals surface area (Å²) in [5.74, 6) is 0.590. The van der Waals surface area contributed by atoms with Crippen molar-refractivity contribution in [2.24, 2.45) is 0 Å². The number of nitrogens with zero attached hydrogens (tertiary/aromatic N) is 2. The number of carbonyl (C=O) groups is 1. The van der Waals surface area contributed by atoms with Crippen LogP contribution < -0.4 is 4.74 Å². The van der Waals surface area contributed by atoms with Crippen LogP contribution in [0.25, 0.3) is 16.6 Å². The van der Waals surface area contributed by atoms with Crippen LogP contribution in [0, 0.1) is 6.92 Å². The lowest BCUT2D eigenvalue weighted by molar-refractivity contribution is 0.0527. The number of hydrogen-bond donors (Lipinski definition) is 1. The fourth-order valence-corrected chi connectivity index (χ4v) is 4.60. The van der Waals surface area contributed by atoms with Crippen molar-refractivity contribution in [3.8, 4) is 17.2 Å². The van der Waals surface area contributed by atoms with Crippen LogP contribution in [0.15, 0.2) is 36.4 Å². The summed E-state index contributed by atoms with van der Waals surface area (Å²) < 4.78 is 12.9. The molecular formula is C25H30N2O4. The number of piperidine rings is 1. The summed E-state index contributed by atoms with van der Waals surface area (Å²) in [7, 11) is 1.64. The molecule has 1 aromatic heterocycles. The molecule has 0 amide bonds. The quantitative estimate of drug-likeness (QED) is 0.577. The van der Waals surface area contributed by atoms with Gasteiger partial charge in [0.25, 0.3) is 0 Å². The van der Waals surface area contributed by atoms with Gasteiger partial charge in [0.15, 0.2) is 0 Å². The first kappa shape index (κ1) is 21.2. The second-order valence-electron chi connectivity index (χ2n) is 8.01. The van der Waals surface area contributed by atoms with Crippen LogP contribution in [0.3, 0.4) is 0 Å². The Balaban J connectivity index is 1.96. The van der Waals surface area contributed by atoms with Gasteiger partial charge >= 0.3 is 5.97 Å². The highest BCUT2D eigenvalue weighted by molar-refractivity contribution is 6.08. The number of esters is 1. The lowest BCUT2D eigenvalue weighted by Gasteiger charge is -2.27. The maximum absolute atomic E-state index is 13.0. The van der Waals surface area contributed by atoms with Crippen molar-refractivity contribution in [2.75, 3.05) is 26.8 Å². The summed E-state index contributed by atoms with van der Waals surface area (Å²) in [6, 6.07) is 11.4. The molecule has 0 bridgehead atoms. The fourth-order valence-electron chi connectivity index (χ4n) is 4.60. The van der Waals surface area contributed by atoms with Crippen molar-refractivity contribution in [3.63, 3.8) is 0 Å². The van der Waals surface area contributed by atoms with E-state index in [4.69, 9.17) is 9.47 Å². The second kappa shape index (κ2) is 9.02. The van der Waals surface area contributed by atoms with Gasteiger partial charge in [-0.15, -0.1) is 0 Å². The minimum Gasteiger partial charge on any atom is -0.508 e. The van der Waals surface area contributed by atoms with Crippen molar-refractivity contribution < 1.29 is 19.4 Å². The van der Waals surface area contributed by atoms with Crippen LogP contribution in [0.4, 0.5) is 0 Å². The normalized spacial score (nSPS) is 14.7. The van der Waals surface area contributed by atoms with E-state index in [-0.39, 0.29) is 11.7 Å². The minimum atomic E-state index is -0.364. The first-order valence-electron chi connectivity index (χ1n) is 10.9. The van der Waals surface area contributed by atoms with Crippen LogP contribution in [0.2, 0.25) is 0 Å². The van der Waals surface area contributed by atoms with Crippen molar-refractivity contribution in [2.45, 2.75) is 39.7 Å². The molecule has 6 nitrogen and oxygen atoms in total. The third kappa shape index (κ3) is 4.00. The molecule has 3 aromatic rings. The summed E-state index contributed by atoms with van der Waals surface area (Å²) in [5, 5.41) is 11.6. The standard InChI is InChI=1S/C25H30N2O4/c1-4-31-25(29)23-17(2)27(18-9-8-10-19(15-18)30-3)21-11-12-22(28)20(24(21)23)16-26-13-6-5-7-14-26/h8-12,15,28H,4-7,13-14,16H2,1-3H3. The topological polar surface area (TPSA) is 63.9 Å². The Kier molecular flexibility index (Phi) is 6.18. The number of hydrogen-bond acceptors (Lipinski definition) is 5. The molecule has 1 aliphatic heterocycles. The highest BCUT2D eigenvalue weighted by atomic mass is 16.5. The van der Waals surface area contributed by atoms with Gasteiger partial charge in [-0.05, 0) is 64.0 Å². The predicted molar refractivity (Wildman–Crippen MR) is 121 cm³/mol. The number of ether oxygens (including phenoxy) is 2. The number of carbonyl (C=O) groups excluding carboxylic acids is 1. The van der Waals surface area contributed by atoms with E-state index in [9.17, 15) is 9.90 Å². The molecule has 6 heteroatoms. The van der Waals surface area contributed by atoms with Gasteiger partial charge in [-0.3, -0.25) is 4.90 Å². The summed E-state index contributed by atoms with van der Waals surface area (Å²) in [5.41, 5.74) is 3.85. The number of likely N-dealkylation sites (tertiary alicyclic amines) is 1. The highest BCUT2D eigenvalue weighted by Crippen LogP contribution is 2.37. The maximum Gasteiger partial charge on any atom is 0.340 e. The van der Waals surface area contributed by atoms with Gasteiger partial charge in [-0.1, -0.05) is 12.5 Å². The number of benzene rings is 2. The van der Waals surface area contributed by atoms with Crippen molar-refractivity contribution in [1.82, 2.24) is 9.47 Å². The molecule has 1 N–H and O–H groups in total. The van der Waals surface area contributed by atoms with Crippen molar-refractivity contribution in [3.05, 3.63) is 53.2 Å². The molecule has 4 rings (SSSR count). The van der Waals surface area contributed by atoms with Gasteiger partial charge < -0.3 is 19.1 Å². The molecule has 0 saturated carbocycles. The third-order valence-corrected chi connectivity index (χ3v) is 6.08. The zero-order chi connectivity index (χ0) is 22.0. The largest absolute Gasteiger partial charge is 0.508 e. The van der Waals surface area contributed by atoms with E-state index in [1.165, 1.54) is 6.42 Å². The second-order valence-corrected chi connectivity index (χ2v) is 8.01. The molecule has 31 heavy (non-hydrogen) atoms. The molecule has 1 aliphatic rings. The number of aromatic hydroxyl groups is 1. The zero-order valence-corrected chi connectivity index (χ0v) is 18.5. The van der Waals surface area contributed by atoms with E-state index in [0.717, 1.165) is 59.5 Å². The van der Waals surface area contributed by atoms with E-state index in [2.05, 4.69) is 4.90 Å². The molecule has 0 aliphatic carbocycles. The number of methoxy groups -OCH3 is 1. The Morgan fingerprint density at radius 2 is 1.90 bits per heavy atom. The average Bonchev–Trinajstić information content (AvgIpc) is 3.09. The average molecular weight is 423 g/mol. The number of rotatable bonds is 6. The van der Waals surface area contributed by atoms with Crippen LogP contribution >= 0.6 is 0 Å². The molecule has 0 atom stereocenters. The highest BCUT2D eigenvalue weighted by Gasteiger charge is 2.26. The van der Waals surface area contributed by atoms with Gasteiger partial charge in [0.2, 0.25) is 0 Å². The van der Waals surface area contributed by atoms with E-state index in [0.29, 0.717) is 18.7 Å². The van der Waals surface area contributed by atoms with Crippen molar-refractivity contribution in [1.29, 1.82) is 0 Å². The molecule has 0 radical (unpaired) electrons.